The fourth-order valence-electron chi connectivity index (χ4n) is 3.20. The molecule has 0 saturated carbocycles. The average molecular weight is 438 g/mol. The Morgan fingerprint density at radius 2 is 1.74 bits per heavy atom. The molecule has 31 heavy (non-hydrogen) atoms. The van der Waals surface area contributed by atoms with Crippen LogP contribution in [0.5, 0.6) is 0 Å². The fraction of sp³-hybridized carbons (Fsp3) is 0.360. The van der Waals surface area contributed by atoms with Crippen LogP contribution in [0.4, 0.5) is 0 Å². The van der Waals surface area contributed by atoms with Gasteiger partial charge in [-0.3, -0.25) is 9.78 Å². The van der Waals surface area contributed by atoms with Gasteiger partial charge >= 0.3 is 5.69 Å². The van der Waals surface area contributed by atoms with Crippen LogP contribution in [0.15, 0.2) is 47.3 Å². The van der Waals surface area contributed by atoms with Gasteiger partial charge in [0.2, 0.25) is 0 Å². The number of Topliss-reactive ketones (excluding diaryl/α,β-unsaturated/α-hetero) is 1. The lowest BCUT2D eigenvalue weighted by atomic mass is 9.87. The van der Waals surface area contributed by atoms with E-state index in [1.807, 2.05) is 57.2 Å². The van der Waals surface area contributed by atoms with Crippen molar-refractivity contribution in [1.29, 1.82) is 0 Å². The highest BCUT2D eigenvalue weighted by molar-refractivity contribution is 6.33. The molecular formula is C25H28ClN3O2. The summed E-state index contributed by atoms with van der Waals surface area (Å²) in [5.41, 5.74) is 2.68. The van der Waals surface area contributed by atoms with Crippen LogP contribution < -0.4 is 5.69 Å². The molecule has 0 amide bonds. The molecule has 0 atom stereocenters. The van der Waals surface area contributed by atoms with Gasteiger partial charge in [0.05, 0.1) is 5.02 Å². The molecular weight excluding hydrogens is 410 g/mol. The summed E-state index contributed by atoms with van der Waals surface area (Å²) in [6.45, 7) is 10.0. The molecule has 0 unspecified atom stereocenters. The van der Waals surface area contributed by atoms with Gasteiger partial charge in [0.25, 0.3) is 0 Å². The third-order valence-corrected chi connectivity index (χ3v) is 5.58. The van der Waals surface area contributed by atoms with E-state index in [4.69, 9.17) is 11.6 Å². The van der Waals surface area contributed by atoms with Crippen LogP contribution in [0.2, 0.25) is 5.02 Å². The predicted octanol–water partition coefficient (Wildman–Crippen LogP) is 5.82. The third-order valence-electron chi connectivity index (χ3n) is 5.25. The number of nitrogens with one attached hydrogen (secondary N) is 1. The number of carbonyl (C=O) groups excluding carboxylic acids is 1. The van der Waals surface area contributed by atoms with Crippen LogP contribution in [-0.2, 0) is 11.2 Å². The van der Waals surface area contributed by atoms with Crippen LogP contribution in [0.1, 0.15) is 58.1 Å². The summed E-state index contributed by atoms with van der Waals surface area (Å²) < 4.78 is 0. The molecule has 2 aromatic carbocycles. The van der Waals surface area contributed by atoms with E-state index >= 15 is 0 Å². The number of ketones is 1. The summed E-state index contributed by atoms with van der Waals surface area (Å²) in [5.74, 6) is 1.32. The molecule has 0 saturated heterocycles. The minimum Gasteiger partial charge on any atom is -0.299 e. The Hall–Kier alpha value is -2.79. The van der Waals surface area contributed by atoms with Gasteiger partial charge in [-0.05, 0) is 35.6 Å². The second-order valence-corrected chi connectivity index (χ2v) is 9.50. The summed E-state index contributed by atoms with van der Waals surface area (Å²) in [6.07, 6.45) is 1.04. The molecule has 1 N–H and O–H groups in total. The largest absolute Gasteiger partial charge is 0.348 e. The zero-order chi connectivity index (χ0) is 22.8. The number of aromatic nitrogens is 3. The standard InChI is InChI=1S/C25H28ClN3O2/c1-15(2)17-8-10-18(11-9-17)22-27-23(29-24(31)28-22)19-14-16(6-12-20(19)26)7-13-21(30)25(3,4)5/h6,8-12,14-15H,7,13H2,1-5H3,(H,27,28,29,31). The van der Waals surface area contributed by atoms with Crippen LogP contribution in [-0.4, -0.2) is 20.7 Å². The van der Waals surface area contributed by atoms with Crippen molar-refractivity contribution in [1.82, 2.24) is 15.0 Å². The number of carbonyl (C=O) groups is 1. The van der Waals surface area contributed by atoms with Crippen LogP contribution in [0, 0.1) is 5.41 Å². The lowest BCUT2D eigenvalue weighted by Crippen LogP contribution is -2.20. The molecule has 3 aromatic rings. The smallest absolute Gasteiger partial charge is 0.299 e. The Bertz CT molecular complexity index is 1140. The van der Waals surface area contributed by atoms with E-state index in [-0.39, 0.29) is 11.2 Å². The van der Waals surface area contributed by atoms with Crippen molar-refractivity contribution in [3.05, 3.63) is 69.1 Å². The summed E-state index contributed by atoms with van der Waals surface area (Å²) in [5, 5.41) is 0.473. The monoisotopic (exact) mass is 437 g/mol. The van der Waals surface area contributed by atoms with Crippen molar-refractivity contribution in [2.24, 2.45) is 5.41 Å². The number of aryl methyl sites for hydroxylation is 1. The Kier molecular flexibility index (Phi) is 6.75. The Morgan fingerprint density at radius 3 is 2.35 bits per heavy atom. The van der Waals surface area contributed by atoms with Crippen molar-refractivity contribution in [3.8, 4) is 22.8 Å². The normalized spacial score (nSPS) is 11.7. The molecule has 162 valence electrons. The van der Waals surface area contributed by atoms with E-state index < -0.39 is 5.69 Å². The number of nitrogens with zero attached hydrogens (tertiary/aromatic N) is 2. The van der Waals surface area contributed by atoms with Gasteiger partial charge in [0.1, 0.15) is 11.6 Å². The van der Waals surface area contributed by atoms with E-state index in [2.05, 4.69) is 28.8 Å². The third kappa shape index (κ3) is 5.67. The van der Waals surface area contributed by atoms with Gasteiger partial charge in [-0.15, -0.1) is 0 Å². The van der Waals surface area contributed by atoms with Crippen LogP contribution >= 0.6 is 11.6 Å². The lowest BCUT2D eigenvalue weighted by Gasteiger charge is -2.16. The molecule has 1 aromatic heterocycles. The molecule has 5 nitrogen and oxygen atoms in total. The minimum atomic E-state index is -0.489. The van der Waals surface area contributed by atoms with Crippen molar-refractivity contribution in [3.63, 3.8) is 0 Å². The highest BCUT2D eigenvalue weighted by Gasteiger charge is 2.20. The van der Waals surface area contributed by atoms with E-state index in [1.54, 1.807) is 6.07 Å². The Labute approximate surface area is 187 Å². The molecule has 0 spiro atoms. The second-order valence-electron chi connectivity index (χ2n) is 9.09. The number of rotatable bonds is 6. The first-order valence-corrected chi connectivity index (χ1v) is 10.8. The van der Waals surface area contributed by atoms with Crippen molar-refractivity contribution < 1.29 is 4.79 Å². The molecule has 0 radical (unpaired) electrons. The quantitative estimate of drug-likeness (QED) is 0.526. The zero-order valence-corrected chi connectivity index (χ0v) is 19.4. The molecule has 0 bridgehead atoms. The van der Waals surface area contributed by atoms with Crippen molar-refractivity contribution in [2.45, 2.75) is 53.4 Å². The van der Waals surface area contributed by atoms with E-state index in [0.717, 1.165) is 11.1 Å². The van der Waals surface area contributed by atoms with Gasteiger partial charge in [-0.25, -0.2) is 9.78 Å². The number of halogens is 1. The molecule has 1 heterocycles. The summed E-state index contributed by atoms with van der Waals surface area (Å²) >= 11 is 6.42. The SMILES string of the molecule is CC(C)c1ccc(-c2nc(-c3cc(CCC(=O)C(C)(C)C)ccc3Cl)[nH]c(=O)n2)cc1. The number of hydrogen-bond acceptors (Lipinski definition) is 4. The fourth-order valence-corrected chi connectivity index (χ4v) is 3.41. The van der Waals surface area contributed by atoms with Gasteiger partial charge in [-0.2, -0.15) is 4.98 Å². The summed E-state index contributed by atoms with van der Waals surface area (Å²) in [6, 6.07) is 13.4. The second kappa shape index (κ2) is 9.15. The number of H-pyrrole nitrogens is 1. The molecule has 0 aliphatic rings. The first-order valence-electron chi connectivity index (χ1n) is 10.5. The maximum atomic E-state index is 12.3. The molecule has 0 aliphatic heterocycles. The average Bonchev–Trinajstić information content (AvgIpc) is 2.71. The zero-order valence-electron chi connectivity index (χ0n) is 18.6. The molecule has 0 fully saturated rings. The van der Waals surface area contributed by atoms with Crippen LogP contribution in [0.3, 0.4) is 0 Å². The first-order chi connectivity index (χ1) is 14.5. The molecule has 0 aliphatic carbocycles. The van der Waals surface area contributed by atoms with Gasteiger partial charge in [-0.1, -0.05) is 76.6 Å². The van der Waals surface area contributed by atoms with E-state index in [0.29, 0.717) is 41.0 Å². The maximum absolute atomic E-state index is 12.3. The van der Waals surface area contributed by atoms with Gasteiger partial charge in [0.15, 0.2) is 5.82 Å². The van der Waals surface area contributed by atoms with Crippen molar-refractivity contribution >= 4 is 17.4 Å². The topological polar surface area (TPSA) is 75.7 Å². The highest BCUT2D eigenvalue weighted by Crippen LogP contribution is 2.28. The van der Waals surface area contributed by atoms with E-state index in [9.17, 15) is 9.59 Å². The minimum absolute atomic E-state index is 0.201. The summed E-state index contributed by atoms with van der Waals surface area (Å²) in [4.78, 5) is 35.8. The summed E-state index contributed by atoms with van der Waals surface area (Å²) in [7, 11) is 0. The highest BCUT2D eigenvalue weighted by atomic mass is 35.5. The predicted molar refractivity (Wildman–Crippen MR) is 125 cm³/mol. The van der Waals surface area contributed by atoms with Gasteiger partial charge < -0.3 is 0 Å². The Balaban J connectivity index is 1.93. The molecule has 3 rings (SSSR count). The van der Waals surface area contributed by atoms with E-state index in [1.165, 1.54) is 5.56 Å². The number of hydrogen-bond donors (Lipinski definition) is 1. The number of benzene rings is 2. The van der Waals surface area contributed by atoms with Crippen LogP contribution in [0.25, 0.3) is 22.8 Å². The maximum Gasteiger partial charge on any atom is 0.348 e. The number of aromatic amines is 1. The van der Waals surface area contributed by atoms with Gasteiger partial charge in [0, 0.05) is 23.0 Å². The first kappa shape index (κ1) is 22.9. The molecule has 6 heteroatoms. The lowest BCUT2D eigenvalue weighted by molar-refractivity contribution is -0.126. The Morgan fingerprint density at radius 1 is 1.06 bits per heavy atom. The van der Waals surface area contributed by atoms with Crippen molar-refractivity contribution in [2.75, 3.05) is 0 Å².